The standard InChI is InChI=1S/C16H35N3/c1-6-11-17-16(7-2)14(5)19-12-10-15(13-19)18(8-3)9-4/h14-17H,6-13H2,1-5H3. The monoisotopic (exact) mass is 269 g/mol. The van der Waals surface area contributed by atoms with Gasteiger partial charge in [-0.25, -0.2) is 0 Å². The first-order valence-corrected chi connectivity index (χ1v) is 8.39. The average Bonchev–Trinajstić information content (AvgIpc) is 2.90. The van der Waals surface area contributed by atoms with E-state index in [1.807, 2.05) is 0 Å². The molecular weight excluding hydrogens is 234 g/mol. The fourth-order valence-corrected chi connectivity index (χ4v) is 3.42. The largest absolute Gasteiger partial charge is 0.312 e. The Balaban J connectivity index is 2.47. The Hall–Kier alpha value is -0.120. The molecule has 19 heavy (non-hydrogen) atoms. The molecule has 0 aromatic heterocycles. The summed E-state index contributed by atoms with van der Waals surface area (Å²) >= 11 is 0. The Labute approximate surface area is 120 Å². The van der Waals surface area contributed by atoms with Crippen LogP contribution in [0.15, 0.2) is 0 Å². The molecule has 1 heterocycles. The van der Waals surface area contributed by atoms with Crippen molar-refractivity contribution in [2.45, 2.75) is 72.0 Å². The molecule has 1 saturated heterocycles. The van der Waals surface area contributed by atoms with E-state index < -0.39 is 0 Å². The third kappa shape index (κ3) is 4.73. The number of hydrogen-bond donors (Lipinski definition) is 1. The Bertz CT molecular complexity index is 228. The molecule has 1 rings (SSSR count). The lowest BCUT2D eigenvalue weighted by atomic mass is 10.1. The van der Waals surface area contributed by atoms with Gasteiger partial charge in [-0.05, 0) is 45.8 Å². The molecule has 1 fully saturated rings. The highest BCUT2D eigenvalue weighted by Crippen LogP contribution is 2.20. The fourth-order valence-electron chi connectivity index (χ4n) is 3.42. The van der Waals surface area contributed by atoms with Crippen LogP contribution in [-0.4, -0.2) is 60.6 Å². The fraction of sp³-hybridized carbons (Fsp3) is 1.00. The van der Waals surface area contributed by atoms with Crippen molar-refractivity contribution in [2.75, 3.05) is 32.7 Å². The molecule has 114 valence electrons. The Kier molecular flexibility index (Phi) is 7.96. The van der Waals surface area contributed by atoms with Gasteiger partial charge < -0.3 is 5.32 Å². The lowest BCUT2D eigenvalue weighted by Crippen LogP contribution is -2.48. The highest BCUT2D eigenvalue weighted by atomic mass is 15.3. The number of nitrogens with zero attached hydrogens (tertiary/aromatic N) is 2. The van der Waals surface area contributed by atoms with E-state index in [0.29, 0.717) is 12.1 Å². The summed E-state index contributed by atoms with van der Waals surface area (Å²) in [6.07, 6.45) is 3.80. The summed E-state index contributed by atoms with van der Waals surface area (Å²) in [5.41, 5.74) is 0. The third-order valence-electron chi connectivity index (χ3n) is 4.78. The molecule has 1 aliphatic heterocycles. The summed E-state index contributed by atoms with van der Waals surface area (Å²) in [7, 11) is 0. The third-order valence-corrected chi connectivity index (χ3v) is 4.78. The molecule has 0 aromatic rings. The van der Waals surface area contributed by atoms with Crippen LogP contribution in [0, 0.1) is 0 Å². The number of hydrogen-bond acceptors (Lipinski definition) is 3. The molecule has 0 aliphatic carbocycles. The van der Waals surface area contributed by atoms with Crippen LogP contribution in [0.2, 0.25) is 0 Å². The van der Waals surface area contributed by atoms with Gasteiger partial charge in [-0.2, -0.15) is 0 Å². The summed E-state index contributed by atoms with van der Waals surface area (Å²) in [6.45, 7) is 17.6. The quantitative estimate of drug-likeness (QED) is 0.694. The van der Waals surface area contributed by atoms with E-state index in [1.54, 1.807) is 0 Å². The SMILES string of the molecule is CCCNC(CC)C(C)N1CCC(N(CC)CC)C1. The van der Waals surface area contributed by atoms with E-state index in [9.17, 15) is 0 Å². The van der Waals surface area contributed by atoms with E-state index in [1.165, 1.54) is 45.4 Å². The molecule has 0 radical (unpaired) electrons. The van der Waals surface area contributed by atoms with Crippen molar-refractivity contribution in [2.24, 2.45) is 0 Å². The van der Waals surface area contributed by atoms with Crippen LogP contribution in [0.4, 0.5) is 0 Å². The first kappa shape index (κ1) is 16.9. The maximum atomic E-state index is 3.71. The van der Waals surface area contributed by atoms with Crippen molar-refractivity contribution < 1.29 is 0 Å². The predicted molar refractivity (Wildman–Crippen MR) is 84.7 cm³/mol. The van der Waals surface area contributed by atoms with E-state index in [2.05, 4.69) is 49.7 Å². The normalized spacial score (nSPS) is 24.0. The lowest BCUT2D eigenvalue weighted by molar-refractivity contribution is 0.169. The summed E-state index contributed by atoms with van der Waals surface area (Å²) in [5, 5.41) is 3.71. The summed E-state index contributed by atoms with van der Waals surface area (Å²) < 4.78 is 0. The van der Waals surface area contributed by atoms with Gasteiger partial charge in [0.1, 0.15) is 0 Å². The Morgan fingerprint density at radius 2 is 1.89 bits per heavy atom. The summed E-state index contributed by atoms with van der Waals surface area (Å²) in [4.78, 5) is 5.31. The molecule has 3 nitrogen and oxygen atoms in total. The van der Waals surface area contributed by atoms with Gasteiger partial charge in [-0.3, -0.25) is 9.80 Å². The van der Waals surface area contributed by atoms with Crippen molar-refractivity contribution in [1.82, 2.24) is 15.1 Å². The summed E-state index contributed by atoms with van der Waals surface area (Å²) in [5.74, 6) is 0. The molecule has 1 aliphatic rings. The average molecular weight is 269 g/mol. The summed E-state index contributed by atoms with van der Waals surface area (Å²) in [6, 6.07) is 2.09. The van der Waals surface area contributed by atoms with E-state index in [0.717, 1.165) is 12.6 Å². The Morgan fingerprint density at radius 1 is 1.21 bits per heavy atom. The molecule has 0 aromatic carbocycles. The van der Waals surface area contributed by atoms with Crippen LogP contribution >= 0.6 is 0 Å². The second-order valence-corrected chi connectivity index (χ2v) is 5.87. The molecule has 0 saturated carbocycles. The van der Waals surface area contributed by atoms with Gasteiger partial charge >= 0.3 is 0 Å². The topological polar surface area (TPSA) is 18.5 Å². The van der Waals surface area contributed by atoms with Gasteiger partial charge in [0.05, 0.1) is 0 Å². The highest BCUT2D eigenvalue weighted by Gasteiger charge is 2.31. The first-order valence-electron chi connectivity index (χ1n) is 8.39. The number of rotatable bonds is 9. The van der Waals surface area contributed by atoms with Gasteiger partial charge in [-0.1, -0.05) is 27.7 Å². The van der Waals surface area contributed by atoms with Gasteiger partial charge in [0, 0.05) is 31.2 Å². The maximum absolute atomic E-state index is 3.71. The lowest BCUT2D eigenvalue weighted by Gasteiger charge is -2.33. The van der Waals surface area contributed by atoms with Crippen molar-refractivity contribution in [3.63, 3.8) is 0 Å². The van der Waals surface area contributed by atoms with Gasteiger partial charge in [0.2, 0.25) is 0 Å². The smallest absolute Gasteiger partial charge is 0.0235 e. The molecule has 3 unspecified atom stereocenters. The number of likely N-dealkylation sites (tertiary alicyclic amines) is 1. The van der Waals surface area contributed by atoms with Crippen LogP contribution in [0.1, 0.15) is 53.9 Å². The molecule has 3 atom stereocenters. The van der Waals surface area contributed by atoms with Gasteiger partial charge in [0.15, 0.2) is 0 Å². The second kappa shape index (κ2) is 8.93. The minimum absolute atomic E-state index is 0.649. The van der Waals surface area contributed by atoms with Crippen molar-refractivity contribution in [3.05, 3.63) is 0 Å². The zero-order valence-corrected chi connectivity index (χ0v) is 13.8. The van der Waals surface area contributed by atoms with Gasteiger partial charge in [-0.15, -0.1) is 0 Å². The van der Waals surface area contributed by atoms with E-state index in [-0.39, 0.29) is 0 Å². The minimum Gasteiger partial charge on any atom is -0.312 e. The van der Waals surface area contributed by atoms with Crippen molar-refractivity contribution in [3.8, 4) is 0 Å². The molecular formula is C16H35N3. The highest BCUT2D eigenvalue weighted by molar-refractivity contribution is 4.89. The molecule has 3 heteroatoms. The van der Waals surface area contributed by atoms with Crippen molar-refractivity contribution in [1.29, 1.82) is 0 Å². The molecule has 0 amide bonds. The molecule has 1 N–H and O–H groups in total. The van der Waals surface area contributed by atoms with Crippen LogP contribution in [0.5, 0.6) is 0 Å². The van der Waals surface area contributed by atoms with Crippen LogP contribution in [-0.2, 0) is 0 Å². The van der Waals surface area contributed by atoms with Crippen LogP contribution < -0.4 is 5.32 Å². The number of nitrogens with one attached hydrogen (secondary N) is 1. The van der Waals surface area contributed by atoms with Crippen LogP contribution in [0.3, 0.4) is 0 Å². The van der Waals surface area contributed by atoms with Crippen molar-refractivity contribution >= 4 is 0 Å². The molecule has 0 bridgehead atoms. The van der Waals surface area contributed by atoms with E-state index >= 15 is 0 Å². The molecule has 0 spiro atoms. The Morgan fingerprint density at radius 3 is 2.42 bits per heavy atom. The van der Waals surface area contributed by atoms with Crippen LogP contribution in [0.25, 0.3) is 0 Å². The maximum Gasteiger partial charge on any atom is 0.0235 e. The van der Waals surface area contributed by atoms with Gasteiger partial charge in [0.25, 0.3) is 0 Å². The second-order valence-electron chi connectivity index (χ2n) is 5.87. The predicted octanol–water partition coefficient (Wildman–Crippen LogP) is 2.57. The zero-order valence-electron chi connectivity index (χ0n) is 13.8. The zero-order chi connectivity index (χ0) is 14.3. The minimum atomic E-state index is 0.649. The number of likely N-dealkylation sites (N-methyl/N-ethyl adjacent to an activating group) is 1. The van der Waals surface area contributed by atoms with E-state index in [4.69, 9.17) is 0 Å². The first-order chi connectivity index (χ1) is 9.17.